The van der Waals surface area contributed by atoms with Gasteiger partial charge in [0.1, 0.15) is 11.5 Å². The average molecular weight is 522 g/mol. The number of amides is 2. The highest BCUT2D eigenvalue weighted by Gasteiger charge is 2.16. The molecule has 0 bridgehead atoms. The number of rotatable bonds is 7. The molecule has 32 heavy (non-hydrogen) atoms. The highest BCUT2D eigenvalue weighted by atomic mass is 79.9. The average Bonchev–Trinajstić information content (AvgIpc) is 2.75. The molecule has 172 valence electrons. The summed E-state index contributed by atoms with van der Waals surface area (Å²) in [4.78, 5) is 24.3. The highest BCUT2D eigenvalue weighted by molar-refractivity contribution is 9.10. The molecular weight excluding hydrogens is 494 g/mol. The van der Waals surface area contributed by atoms with Crippen molar-refractivity contribution in [2.24, 2.45) is 0 Å². The van der Waals surface area contributed by atoms with Crippen molar-refractivity contribution in [1.82, 2.24) is 16.2 Å². The van der Waals surface area contributed by atoms with E-state index in [0.717, 1.165) is 16.5 Å². The summed E-state index contributed by atoms with van der Waals surface area (Å²) in [5.74, 6) is 0.384. The lowest BCUT2D eigenvalue weighted by Gasteiger charge is -2.20. The third-order valence-corrected chi connectivity index (χ3v) is 5.11. The summed E-state index contributed by atoms with van der Waals surface area (Å²) in [6.45, 7) is 8.76. The topological polar surface area (TPSA) is 88.7 Å². The van der Waals surface area contributed by atoms with Crippen molar-refractivity contribution >= 4 is 45.1 Å². The quantitative estimate of drug-likeness (QED) is 0.372. The fraction of sp³-hybridized carbons (Fsp3) is 0.348. The van der Waals surface area contributed by atoms with Crippen molar-refractivity contribution in [2.75, 3.05) is 13.2 Å². The minimum absolute atomic E-state index is 0.00729. The van der Waals surface area contributed by atoms with Gasteiger partial charge in [0.05, 0.1) is 11.1 Å². The lowest BCUT2D eigenvalue weighted by Crippen LogP contribution is -2.49. The van der Waals surface area contributed by atoms with Gasteiger partial charge in [-0.05, 0) is 81.9 Å². The molecule has 3 N–H and O–H groups in total. The Morgan fingerprint density at radius 3 is 2.31 bits per heavy atom. The second-order valence-electron chi connectivity index (χ2n) is 8.01. The van der Waals surface area contributed by atoms with Crippen LogP contribution in [-0.2, 0) is 10.2 Å². The molecule has 0 aromatic heterocycles. The molecule has 0 aliphatic rings. The molecular formula is C23H28BrN3O4S. The monoisotopic (exact) mass is 521 g/mol. The summed E-state index contributed by atoms with van der Waals surface area (Å²) in [6.07, 6.45) is 0.902. The van der Waals surface area contributed by atoms with Gasteiger partial charge in [-0.1, -0.05) is 33.8 Å². The third kappa shape index (κ3) is 8.12. The number of benzene rings is 2. The molecule has 2 aromatic carbocycles. The Labute approximate surface area is 202 Å². The molecule has 9 heteroatoms. The van der Waals surface area contributed by atoms with E-state index in [1.54, 1.807) is 24.3 Å². The number of hydrazine groups is 1. The summed E-state index contributed by atoms with van der Waals surface area (Å²) < 4.78 is 11.8. The first-order valence-corrected chi connectivity index (χ1v) is 11.4. The predicted molar refractivity (Wildman–Crippen MR) is 132 cm³/mol. The van der Waals surface area contributed by atoms with E-state index in [-0.39, 0.29) is 17.1 Å². The zero-order valence-corrected chi connectivity index (χ0v) is 21.0. The maximum absolute atomic E-state index is 12.2. The van der Waals surface area contributed by atoms with Crippen molar-refractivity contribution in [3.8, 4) is 11.5 Å². The molecule has 0 heterocycles. The van der Waals surface area contributed by atoms with Crippen molar-refractivity contribution in [1.29, 1.82) is 0 Å². The molecule has 7 nitrogen and oxygen atoms in total. The number of halogens is 1. The first-order chi connectivity index (χ1) is 15.1. The van der Waals surface area contributed by atoms with Crippen LogP contribution in [0.2, 0.25) is 0 Å². The zero-order valence-electron chi connectivity index (χ0n) is 18.6. The highest BCUT2D eigenvalue weighted by Crippen LogP contribution is 2.31. The first kappa shape index (κ1) is 25.6. The fourth-order valence-corrected chi connectivity index (χ4v) is 3.16. The van der Waals surface area contributed by atoms with Crippen molar-refractivity contribution in [3.05, 3.63) is 58.1 Å². The zero-order chi connectivity index (χ0) is 23.7. The number of ether oxygens (including phenoxy) is 2. The Kier molecular flexibility index (Phi) is 9.46. The summed E-state index contributed by atoms with van der Waals surface area (Å²) in [6, 6.07) is 12.5. The van der Waals surface area contributed by atoms with Crippen LogP contribution in [0, 0.1) is 0 Å². The lowest BCUT2D eigenvalue weighted by atomic mass is 9.87. The Morgan fingerprint density at radius 2 is 1.72 bits per heavy atom. The van der Waals surface area contributed by atoms with E-state index in [9.17, 15) is 9.59 Å². The normalized spacial score (nSPS) is 10.8. The number of hydrogen-bond acceptors (Lipinski definition) is 5. The fourth-order valence-electron chi connectivity index (χ4n) is 2.52. The Hall–Kier alpha value is -2.65. The van der Waals surface area contributed by atoms with Crippen LogP contribution in [0.3, 0.4) is 0 Å². The first-order valence-electron chi connectivity index (χ1n) is 10.2. The lowest BCUT2D eigenvalue weighted by molar-refractivity contribution is -0.123. The van der Waals surface area contributed by atoms with Crippen molar-refractivity contribution in [3.63, 3.8) is 0 Å². The number of carbonyl (C=O) groups is 2. The summed E-state index contributed by atoms with van der Waals surface area (Å²) >= 11 is 8.52. The second-order valence-corrected chi connectivity index (χ2v) is 9.28. The van der Waals surface area contributed by atoms with Gasteiger partial charge >= 0.3 is 0 Å². The van der Waals surface area contributed by atoms with Gasteiger partial charge in [0.25, 0.3) is 11.8 Å². The largest absolute Gasteiger partial charge is 0.494 e. The smallest absolute Gasteiger partial charge is 0.276 e. The van der Waals surface area contributed by atoms with Crippen molar-refractivity contribution in [2.45, 2.75) is 39.5 Å². The van der Waals surface area contributed by atoms with Gasteiger partial charge in [-0.15, -0.1) is 0 Å². The Bertz CT molecular complexity index is 959. The van der Waals surface area contributed by atoms with Gasteiger partial charge < -0.3 is 9.47 Å². The number of nitrogens with one attached hydrogen (secondary N) is 3. The minimum atomic E-state index is -0.453. The number of thiocarbonyl (C=S) groups is 1. The summed E-state index contributed by atoms with van der Waals surface area (Å²) in [5.41, 5.74) is 6.44. The van der Waals surface area contributed by atoms with Crippen LogP contribution >= 0.6 is 28.1 Å². The van der Waals surface area contributed by atoms with E-state index in [4.69, 9.17) is 21.7 Å². The maximum Gasteiger partial charge on any atom is 0.276 e. The molecule has 0 aliphatic carbocycles. The maximum atomic E-state index is 12.2. The van der Waals surface area contributed by atoms with E-state index in [2.05, 4.69) is 52.9 Å². The van der Waals surface area contributed by atoms with Crippen LogP contribution in [-0.4, -0.2) is 30.1 Å². The molecule has 2 aromatic rings. The van der Waals surface area contributed by atoms with Crippen molar-refractivity contribution < 1.29 is 19.1 Å². The van der Waals surface area contributed by atoms with Crippen LogP contribution in [0.5, 0.6) is 11.5 Å². The molecule has 0 fully saturated rings. The molecule has 0 aliphatic heterocycles. The van der Waals surface area contributed by atoms with Gasteiger partial charge in [-0.2, -0.15) is 0 Å². The van der Waals surface area contributed by atoms with E-state index in [0.29, 0.717) is 23.7 Å². The van der Waals surface area contributed by atoms with Crippen LogP contribution in [0.15, 0.2) is 46.9 Å². The molecule has 0 radical (unpaired) electrons. The van der Waals surface area contributed by atoms with Gasteiger partial charge in [-0.3, -0.25) is 25.8 Å². The molecule has 0 spiro atoms. The molecule has 2 rings (SSSR count). The third-order valence-electron chi connectivity index (χ3n) is 4.29. The van der Waals surface area contributed by atoms with Gasteiger partial charge in [-0.25, -0.2) is 0 Å². The molecule has 0 unspecified atom stereocenters. The minimum Gasteiger partial charge on any atom is -0.494 e. The van der Waals surface area contributed by atoms with E-state index in [1.165, 1.54) is 0 Å². The Morgan fingerprint density at radius 1 is 1.03 bits per heavy atom. The van der Waals surface area contributed by atoms with Crippen LogP contribution < -0.4 is 25.6 Å². The van der Waals surface area contributed by atoms with E-state index < -0.39 is 11.8 Å². The second kappa shape index (κ2) is 11.8. The van der Waals surface area contributed by atoms with Crippen LogP contribution in [0.25, 0.3) is 0 Å². The van der Waals surface area contributed by atoms with E-state index in [1.807, 2.05) is 25.1 Å². The number of hydrogen-bond donors (Lipinski definition) is 3. The standard InChI is InChI=1S/C23H28BrN3O4S/c1-5-12-30-17-9-6-15(7-10-17)21(29)25-22(32)27-26-20(28)14-31-19-11-8-16(13-18(19)24)23(2,3)4/h6-11,13H,5,12,14H2,1-4H3,(H,26,28)(H2,25,27,29,32). The van der Waals surface area contributed by atoms with Gasteiger partial charge in [0.2, 0.25) is 0 Å². The molecule has 0 atom stereocenters. The number of carbonyl (C=O) groups excluding carboxylic acids is 2. The van der Waals surface area contributed by atoms with Gasteiger partial charge in [0, 0.05) is 5.56 Å². The van der Waals surface area contributed by atoms with E-state index >= 15 is 0 Å². The molecule has 0 saturated heterocycles. The molecule has 0 saturated carbocycles. The van der Waals surface area contributed by atoms with Crippen LogP contribution in [0.4, 0.5) is 0 Å². The molecule has 2 amide bonds. The SMILES string of the molecule is CCCOc1ccc(C(=O)NC(=S)NNC(=O)COc2ccc(C(C)(C)C)cc2Br)cc1. The Balaban J connectivity index is 1.77. The summed E-state index contributed by atoms with van der Waals surface area (Å²) in [7, 11) is 0. The predicted octanol–water partition coefficient (Wildman–Crippen LogP) is 4.25. The summed E-state index contributed by atoms with van der Waals surface area (Å²) in [5, 5.41) is 2.46. The van der Waals surface area contributed by atoms with Gasteiger partial charge in [0.15, 0.2) is 11.7 Å². The van der Waals surface area contributed by atoms with Crippen LogP contribution in [0.1, 0.15) is 50.0 Å².